The van der Waals surface area contributed by atoms with Crippen molar-refractivity contribution in [3.05, 3.63) is 71.9 Å². The maximum absolute atomic E-state index is 13.0. The molecule has 1 amide bonds. The lowest BCUT2D eigenvalue weighted by Gasteiger charge is -2.28. The summed E-state index contributed by atoms with van der Waals surface area (Å²) >= 11 is 0. The molecular weight excluding hydrogens is 579 g/mol. The Morgan fingerprint density at radius 3 is 2.55 bits per heavy atom. The highest BCUT2D eigenvalue weighted by atomic mass is 19.4. The molecular formula is C30H30F3N7O4. The molecule has 1 saturated carbocycles. The molecule has 1 unspecified atom stereocenters. The number of carboxylic acids is 1. The Hall–Kier alpha value is -4.56. The van der Waals surface area contributed by atoms with Gasteiger partial charge in [0.05, 0.1) is 11.5 Å². The molecule has 4 atom stereocenters. The van der Waals surface area contributed by atoms with Crippen molar-refractivity contribution < 1.29 is 33.0 Å². The highest BCUT2D eigenvalue weighted by Gasteiger charge is 2.39. The smallest absolute Gasteiger partial charge is 0.416 e. The highest BCUT2D eigenvalue weighted by molar-refractivity contribution is 6.04. The molecule has 1 saturated heterocycles. The number of nitrogens with zero attached hydrogens (tertiary/aromatic N) is 5. The van der Waals surface area contributed by atoms with Crippen molar-refractivity contribution in [1.82, 2.24) is 24.3 Å². The number of halogens is 3. The largest absolute Gasteiger partial charge is 0.481 e. The number of fused-ring (bicyclic) bond motifs is 1. The third-order valence-electron chi connectivity index (χ3n) is 8.56. The van der Waals surface area contributed by atoms with E-state index in [0.29, 0.717) is 42.7 Å². The van der Waals surface area contributed by atoms with Crippen molar-refractivity contribution >= 4 is 29.0 Å². The second-order valence-corrected chi connectivity index (χ2v) is 11.3. The number of carboxylic acid groups (broad SMARTS) is 1. The molecule has 1 aromatic carbocycles. The van der Waals surface area contributed by atoms with E-state index in [2.05, 4.69) is 15.3 Å². The molecule has 4 heterocycles. The number of alkyl halides is 3. The van der Waals surface area contributed by atoms with Gasteiger partial charge in [0.25, 0.3) is 5.91 Å². The van der Waals surface area contributed by atoms with Crippen molar-refractivity contribution in [1.29, 1.82) is 0 Å². The molecule has 0 radical (unpaired) electrons. The number of anilines is 2. The second kappa shape index (κ2) is 11.5. The maximum Gasteiger partial charge on any atom is 0.416 e. The van der Waals surface area contributed by atoms with Crippen LogP contribution in [0.15, 0.2) is 55.0 Å². The van der Waals surface area contributed by atoms with Gasteiger partial charge >= 0.3 is 12.1 Å². The first kappa shape index (κ1) is 29.5. The molecule has 3 aromatic heterocycles. The number of likely N-dealkylation sites (tertiary alicyclic amines) is 1. The van der Waals surface area contributed by atoms with E-state index in [1.807, 2.05) is 9.30 Å². The van der Waals surface area contributed by atoms with Gasteiger partial charge in [-0.25, -0.2) is 15.0 Å². The highest BCUT2D eigenvalue weighted by Crippen LogP contribution is 2.42. The predicted octanol–water partition coefficient (Wildman–Crippen LogP) is 4.25. The van der Waals surface area contributed by atoms with Crippen molar-refractivity contribution in [3.8, 4) is 11.3 Å². The van der Waals surface area contributed by atoms with Crippen LogP contribution in [0.3, 0.4) is 0 Å². The number of aromatic nitrogens is 4. The Bertz CT molecular complexity index is 1710. The summed E-state index contributed by atoms with van der Waals surface area (Å²) < 4.78 is 41.0. The van der Waals surface area contributed by atoms with Crippen LogP contribution in [0.4, 0.5) is 24.8 Å². The van der Waals surface area contributed by atoms with Crippen molar-refractivity contribution in [3.63, 3.8) is 0 Å². The van der Waals surface area contributed by atoms with Crippen LogP contribution in [0.2, 0.25) is 0 Å². The van der Waals surface area contributed by atoms with Crippen molar-refractivity contribution in [2.24, 2.45) is 11.8 Å². The Balaban J connectivity index is 1.21. The average Bonchev–Trinajstić information content (AvgIpc) is 3.76. The fourth-order valence-electron chi connectivity index (χ4n) is 6.27. The number of aliphatic carboxylic acids is 1. The molecule has 1 aliphatic heterocycles. The number of pyridine rings is 1. The minimum Gasteiger partial charge on any atom is -0.481 e. The summed E-state index contributed by atoms with van der Waals surface area (Å²) in [7, 11) is 0. The standard InChI is InChI=1S/C30H30F3N7O4/c31-30(32,33)21-7-9-35-22(14-21)37-27(41)17-3-1-16(2-4-17)23-24-25(34)36-10-12-40(24)26(38-23)18-5-6-19(13-18)28(42)39-11-8-20(15-39)29(43)44/h1-4,7,9-10,12,14,18-20,28,42H,5-6,8,11,13,15H2,(H2,34,36)(H,43,44)(H,35,37,41)/t18-,19+,20+,28?/m0/s1. The van der Waals surface area contributed by atoms with Gasteiger partial charge in [-0.3, -0.25) is 18.9 Å². The summed E-state index contributed by atoms with van der Waals surface area (Å²) in [4.78, 5) is 39.0. The van der Waals surface area contributed by atoms with E-state index in [0.717, 1.165) is 37.0 Å². The number of aliphatic hydroxyl groups is 1. The molecule has 5 N–H and O–H groups in total. The number of aliphatic hydroxyl groups excluding tert-OH is 1. The number of imidazole rings is 1. The Labute approximate surface area is 249 Å². The van der Waals surface area contributed by atoms with Gasteiger partial charge < -0.3 is 21.3 Å². The first-order valence-corrected chi connectivity index (χ1v) is 14.2. The van der Waals surface area contributed by atoms with Gasteiger partial charge in [0.15, 0.2) is 0 Å². The lowest BCUT2D eigenvalue weighted by atomic mass is 10.0. The molecule has 2 aliphatic rings. The van der Waals surface area contributed by atoms with E-state index < -0.39 is 35.8 Å². The van der Waals surface area contributed by atoms with Gasteiger partial charge in [0, 0.05) is 48.7 Å². The van der Waals surface area contributed by atoms with Crippen molar-refractivity contribution in [2.45, 2.75) is 44.0 Å². The number of nitrogen functional groups attached to an aromatic ring is 1. The van der Waals surface area contributed by atoms with Crippen LogP contribution in [0.5, 0.6) is 0 Å². The fourth-order valence-corrected chi connectivity index (χ4v) is 6.27. The molecule has 11 nitrogen and oxygen atoms in total. The quantitative estimate of drug-likeness (QED) is 0.240. The van der Waals surface area contributed by atoms with E-state index in [9.17, 15) is 33.0 Å². The Morgan fingerprint density at radius 1 is 1.07 bits per heavy atom. The Morgan fingerprint density at radius 2 is 1.84 bits per heavy atom. The van der Waals surface area contributed by atoms with Crippen LogP contribution < -0.4 is 11.1 Å². The number of carbonyl (C=O) groups excluding carboxylic acids is 1. The molecule has 2 fully saturated rings. The summed E-state index contributed by atoms with van der Waals surface area (Å²) in [6, 6.07) is 8.04. The number of nitrogens with one attached hydrogen (secondary N) is 1. The predicted molar refractivity (Wildman–Crippen MR) is 153 cm³/mol. The maximum atomic E-state index is 13.0. The van der Waals surface area contributed by atoms with E-state index >= 15 is 0 Å². The third-order valence-corrected chi connectivity index (χ3v) is 8.56. The zero-order valence-corrected chi connectivity index (χ0v) is 23.4. The number of benzene rings is 1. The Kier molecular flexibility index (Phi) is 7.72. The summed E-state index contributed by atoms with van der Waals surface area (Å²) in [6.45, 7) is 0.878. The van der Waals surface area contributed by atoms with Crippen LogP contribution in [0.1, 0.15) is 53.3 Å². The topological polar surface area (TPSA) is 159 Å². The summed E-state index contributed by atoms with van der Waals surface area (Å²) in [5.41, 5.74) is 7.40. The van der Waals surface area contributed by atoms with Crippen molar-refractivity contribution in [2.75, 3.05) is 24.1 Å². The first-order chi connectivity index (χ1) is 21.0. The van der Waals surface area contributed by atoms with E-state index in [1.165, 1.54) is 12.1 Å². The molecule has 230 valence electrons. The van der Waals surface area contributed by atoms with Gasteiger partial charge in [0.2, 0.25) is 0 Å². The summed E-state index contributed by atoms with van der Waals surface area (Å²) in [5.74, 6) is -1.13. The zero-order valence-electron chi connectivity index (χ0n) is 23.4. The first-order valence-electron chi connectivity index (χ1n) is 14.2. The van der Waals surface area contributed by atoms with E-state index in [1.54, 1.807) is 24.5 Å². The molecule has 14 heteroatoms. The zero-order chi connectivity index (χ0) is 31.2. The molecule has 44 heavy (non-hydrogen) atoms. The second-order valence-electron chi connectivity index (χ2n) is 11.3. The fraction of sp³-hybridized carbons (Fsp3) is 0.367. The van der Waals surface area contributed by atoms with Gasteiger partial charge in [0.1, 0.15) is 34.9 Å². The number of nitrogens with two attached hydrogens (primary N) is 1. The molecule has 0 bridgehead atoms. The molecule has 0 spiro atoms. The van der Waals surface area contributed by atoms with Crippen LogP contribution in [-0.4, -0.2) is 65.7 Å². The van der Waals surface area contributed by atoms with Gasteiger partial charge in [-0.15, -0.1) is 0 Å². The van der Waals surface area contributed by atoms with E-state index in [4.69, 9.17) is 10.7 Å². The number of amides is 1. The van der Waals surface area contributed by atoms with Gasteiger partial charge in [-0.05, 0) is 55.9 Å². The lowest BCUT2D eigenvalue weighted by molar-refractivity contribution is -0.141. The molecule has 6 rings (SSSR count). The molecule has 4 aromatic rings. The minimum absolute atomic E-state index is 0.0144. The number of rotatable bonds is 7. The SMILES string of the molecule is Nc1nccn2c([C@H]3CC[C@@H](C(O)N4CC[C@@H](C(=O)O)C4)C3)nc(-c3ccc(C(=O)Nc4cc(C(F)(F)F)ccn4)cc3)c12. The van der Waals surface area contributed by atoms with Gasteiger partial charge in [-0.1, -0.05) is 12.1 Å². The normalized spacial score (nSPS) is 21.5. The summed E-state index contributed by atoms with van der Waals surface area (Å²) in [6.07, 6.45) is 1.78. The monoisotopic (exact) mass is 609 g/mol. The summed E-state index contributed by atoms with van der Waals surface area (Å²) in [5, 5.41) is 22.8. The van der Waals surface area contributed by atoms with Crippen LogP contribution in [0, 0.1) is 11.8 Å². The lowest BCUT2D eigenvalue weighted by Crippen LogP contribution is -2.38. The number of carbonyl (C=O) groups is 2. The number of hydrogen-bond donors (Lipinski definition) is 4. The number of hydrogen-bond acceptors (Lipinski definition) is 8. The average molecular weight is 610 g/mol. The molecule has 1 aliphatic carbocycles. The van der Waals surface area contributed by atoms with E-state index in [-0.39, 0.29) is 29.0 Å². The van der Waals surface area contributed by atoms with Crippen LogP contribution in [-0.2, 0) is 11.0 Å². The minimum atomic E-state index is -4.56. The van der Waals surface area contributed by atoms with Crippen LogP contribution in [0.25, 0.3) is 16.8 Å². The third kappa shape index (κ3) is 5.69. The van der Waals surface area contributed by atoms with Gasteiger partial charge in [-0.2, -0.15) is 13.2 Å². The van der Waals surface area contributed by atoms with Crippen LogP contribution >= 0.6 is 0 Å².